The smallest absolute Gasteiger partial charge is 0.138 e. The SMILES string of the molecule is CC(C)C[C@@H](CN=[N+]=[N-])C(=O)C(C)C. The molecule has 14 heavy (non-hydrogen) atoms. The maximum Gasteiger partial charge on any atom is 0.138 e. The molecule has 0 bridgehead atoms. The molecular formula is C10H19N3O. The Kier molecular flexibility index (Phi) is 5.97. The van der Waals surface area contributed by atoms with E-state index in [1.807, 2.05) is 13.8 Å². The van der Waals surface area contributed by atoms with Crippen LogP contribution in [0.25, 0.3) is 10.4 Å². The van der Waals surface area contributed by atoms with E-state index in [0.717, 1.165) is 6.42 Å². The Morgan fingerprint density at radius 3 is 2.29 bits per heavy atom. The molecule has 0 unspecified atom stereocenters. The van der Waals surface area contributed by atoms with Gasteiger partial charge in [0.2, 0.25) is 0 Å². The topological polar surface area (TPSA) is 65.8 Å². The first-order valence-electron chi connectivity index (χ1n) is 5.03. The lowest BCUT2D eigenvalue weighted by Crippen LogP contribution is -2.23. The lowest BCUT2D eigenvalue weighted by molar-refractivity contribution is -0.126. The predicted molar refractivity (Wildman–Crippen MR) is 56.8 cm³/mol. The first kappa shape index (κ1) is 13.0. The summed E-state index contributed by atoms with van der Waals surface area (Å²) in [5, 5.41) is 3.49. The zero-order valence-corrected chi connectivity index (χ0v) is 9.40. The first-order chi connectivity index (χ1) is 6.49. The van der Waals surface area contributed by atoms with Crippen LogP contribution in [0.3, 0.4) is 0 Å². The molecule has 0 amide bonds. The van der Waals surface area contributed by atoms with Gasteiger partial charge in [-0.05, 0) is 17.9 Å². The molecule has 0 spiro atoms. The van der Waals surface area contributed by atoms with Gasteiger partial charge in [-0.1, -0.05) is 32.8 Å². The maximum atomic E-state index is 11.7. The van der Waals surface area contributed by atoms with E-state index in [0.29, 0.717) is 12.5 Å². The predicted octanol–water partition coefficient (Wildman–Crippen LogP) is 3.18. The Morgan fingerprint density at radius 2 is 1.93 bits per heavy atom. The molecule has 0 aliphatic carbocycles. The van der Waals surface area contributed by atoms with Gasteiger partial charge in [-0.25, -0.2) is 0 Å². The highest BCUT2D eigenvalue weighted by Gasteiger charge is 2.21. The van der Waals surface area contributed by atoms with Crippen LogP contribution in [0.1, 0.15) is 34.1 Å². The summed E-state index contributed by atoms with van der Waals surface area (Å²) in [5.41, 5.74) is 8.22. The minimum atomic E-state index is -0.106. The van der Waals surface area contributed by atoms with Crippen LogP contribution in [0, 0.1) is 17.8 Å². The second kappa shape index (κ2) is 6.44. The Labute approximate surface area is 85.3 Å². The summed E-state index contributed by atoms with van der Waals surface area (Å²) in [7, 11) is 0. The first-order valence-corrected chi connectivity index (χ1v) is 5.03. The van der Waals surface area contributed by atoms with Crippen molar-refractivity contribution in [1.29, 1.82) is 0 Å². The van der Waals surface area contributed by atoms with Crippen LogP contribution in [0.15, 0.2) is 5.11 Å². The highest BCUT2D eigenvalue weighted by Crippen LogP contribution is 2.17. The van der Waals surface area contributed by atoms with E-state index in [-0.39, 0.29) is 17.6 Å². The lowest BCUT2D eigenvalue weighted by atomic mass is 9.88. The van der Waals surface area contributed by atoms with Crippen molar-refractivity contribution in [3.05, 3.63) is 10.4 Å². The number of hydrogen-bond donors (Lipinski definition) is 0. The Morgan fingerprint density at radius 1 is 1.36 bits per heavy atom. The van der Waals surface area contributed by atoms with Crippen molar-refractivity contribution in [2.75, 3.05) is 6.54 Å². The van der Waals surface area contributed by atoms with Crippen molar-refractivity contribution in [2.24, 2.45) is 22.9 Å². The molecule has 80 valence electrons. The second-order valence-electron chi connectivity index (χ2n) is 4.30. The van der Waals surface area contributed by atoms with Crippen LogP contribution >= 0.6 is 0 Å². The fourth-order valence-corrected chi connectivity index (χ4v) is 1.46. The summed E-state index contributed by atoms with van der Waals surface area (Å²) in [6, 6.07) is 0. The normalized spacial score (nSPS) is 12.7. The van der Waals surface area contributed by atoms with Crippen molar-refractivity contribution < 1.29 is 4.79 Å². The minimum Gasteiger partial charge on any atom is -0.299 e. The summed E-state index contributed by atoms with van der Waals surface area (Å²) in [6.45, 7) is 8.19. The quantitative estimate of drug-likeness (QED) is 0.366. The van der Waals surface area contributed by atoms with Crippen molar-refractivity contribution >= 4 is 5.78 Å². The van der Waals surface area contributed by atoms with Crippen molar-refractivity contribution in [3.63, 3.8) is 0 Å². The van der Waals surface area contributed by atoms with Gasteiger partial charge in [-0.2, -0.15) is 0 Å². The highest BCUT2D eigenvalue weighted by molar-refractivity contribution is 5.83. The maximum absolute atomic E-state index is 11.7. The second-order valence-corrected chi connectivity index (χ2v) is 4.30. The number of carbonyl (C=O) groups is 1. The van der Waals surface area contributed by atoms with Crippen LogP contribution < -0.4 is 0 Å². The molecule has 0 aromatic heterocycles. The molecule has 0 saturated carbocycles. The van der Waals surface area contributed by atoms with Gasteiger partial charge in [0.25, 0.3) is 0 Å². The van der Waals surface area contributed by atoms with Gasteiger partial charge in [-0.15, -0.1) is 0 Å². The minimum absolute atomic E-state index is 0.0210. The average molecular weight is 197 g/mol. The zero-order valence-electron chi connectivity index (χ0n) is 9.40. The number of carbonyl (C=O) groups excluding carboxylic acids is 1. The fourth-order valence-electron chi connectivity index (χ4n) is 1.46. The van der Waals surface area contributed by atoms with Gasteiger partial charge in [0, 0.05) is 23.3 Å². The van der Waals surface area contributed by atoms with Crippen molar-refractivity contribution in [1.82, 2.24) is 0 Å². The van der Waals surface area contributed by atoms with Crippen LogP contribution in [-0.4, -0.2) is 12.3 Å². The van der Waals surface area contributed by atoms with E-state index >= 15 is 0 Å². The van der Waals surface area contributed by atoms with Crippen LogP contribution in [-0.2, 0) is 4.79 Å². The van der Waals surface area contributed by atoms with E-state index in [1.54, 1.807) is 0 Å². The standard InChI is InChI=1S/C10H19N3O/c1-7(2)5-9(6-12-13-11)10(14)8(3)4/h7-9H,5-6H2,1-4H3/t9-/m0/s1. The molecule has 0 saturated heterocycles. The molecule has 0 radical (unpaired) electrons. The van der Waals surface area contributed by atoms with Gasteiger partial charge in [0.1, 0.15) is 5.78 Å². The van der Waals surface area contributed by atoms with E-state index in [9.17, 15) is 4.79 Å². The molecule has 0 aromatic carbocycles. The van der Waals surface area contributed by atoms with Crippen LogP contribution in [0.2, 0.25) is 0 Å². The van der Waals surface area contributed by atoms with Gasteiger partial charge < -0.3 is 0 Å². The molecule has 0 rings (SSSR count). The molecule has 1 atom stereocenters. The number of Topliss-reactive ketones (excluding diaryl/α,β-unsaturated/α-hetero) is 1. The molecule has 0 aliphatic rings. The van der Waals surface area contributed by atoms with Crippen LogP contribution in [0.5, 0.6) is 0 Å². The van der Waals surface area contributed by atoms with Crippen molar-refractivity contribution in [2.45, 2.75) is 34.1 Å². The van der Waals surface area contributed by atoms with E-state index in [1.165, 1.54) is 0 Å². The van der Waals surface area contributed by atoms with E-state index in [2.05, 4.69) is 23.9 Å². The molecular weight excluding hydrogens is 178 g/mol. The molecule has 0 aromatic rings. The Hall–Kier alpha value is -1.02. The summed E-state index contributed by atoms with van der Waals surface area (Å²) in [5.74, 6) is 0.571. The number of nitrogens with zero attached hydrogens (tertiary/aromatic N) is 3. The number of rotatable bonds is 6. The summed E-state index contributed by atoms with van der Waals surface area (Å²) >= 11 is 0. The summed E-state index contributed by atoms with van der Waals surface area (Å²) in [4.78, 5) is 14.4. The molecule has 0 aliphatic heterocycles. The fraction of sp³-hybridized carbons (Fsp3) is 0.900. The third kappa shape index (κ3) is 4.87. The van der Waals surface area contributed by atoms with Gasteiger partial charge >= 0.3 is 0 Å². The van der Waals surface area contributed by atoms with Gasteiger partial charge in [0.15, 0.2) is 0 Å². The largest absolute Gasteiger partial charge is 0.299 e. The lowest BCUT2D eigenvalue weighted by Gasteiger charge is -2.17. The molecule has 4 nitrogen and oxygen atoms in total. The Bertz CT molecular complexity index is 230. The molecule has 0 heterocycles. The third-order valence-electron chi connectivity index (χ3n) is 2.09. The number of hydrogen-bond acceptors (Lipinski definition) is 2. The summed E-state index contributed by atoms with van der Waals surface area (Å²) in [6.07, 6.45) is 0.802. The summed E-state index contributed by atoms with van der Waals surface area (Å²) < 4.78 is 0. The van der Waals surface area contributed by atoms with Gasteiger partial charge in [0.05, 0.1) is 0 Å². The van der Waals surface area contributed by atoms with E-state index in [4.69, 9.17) is 5.53 Å². The average Bonchev–Trinajstić information content (AvgIpc) is 2.10. The van der Waals surface area contributed by atoms with Crippen LogP contribution in [0.4, 0.5) is 0 Å². The van der Waals surface area contributed by atoms with Gasteiger partial charge in [-0.3, -0.25) is 4.79 Å². The monoisotopic (exact) mass is 197 g/mol. The molecule has 0 N–H and O–H groups in total. The Balaban J connectivity index is 4.37. The number of ketones is 1. The number of azide groups is 1. The highest BCUT2D eigenvalue weighted by atomic mass is 16.1. The third-order valence-corrected chi connectivity index (χ3v) is 2.09. The van der Waals surface area contributed by atoms with E-state index < -0.39 is 0 Å². The molecule has 4 heteroatoms. The molecule has 0 fully saturated rings. The zero-order chi connectivity index (χ0) is 11.1. The van der Waals surface area contributed by atoms with Crippen molar-refractivity contribution in [3.8, 4) is 0 Å².